The first-order valence-electron chi connectivity index (χ1n) is 6.15. The fraction of sp³-hybridized carbons (Fsp3) is 0.462. The highest BCUT2D eigenvalue weighted by Gasteiger charge is 2.36. The normalized spacial score (nSPS) is 12.8. The molecule has 0 aliphatic heterocycles. The molecule has 0 aromatic heterocycles. The molecule has 0 spiro atoms. The number of ether oxygens (including phenoxy) is 2. The minimum absolute atomic E-state index is 0.210. The number of rotatable bonds is 6. The van der Waals surface area contributed by atoms with E-state index in [9.17, 15) is 18.0 Å². The van der Waals surface area contributed by atoms with Gasteiger partial charge in [0.15, 0.2) is 6.10 Å². The molecule has 0 aliphatic carbocycles. The van der Waals surface area contributed by atoms with Gasteiger partial charge in [-0.3, -0.25) is 4.79 Å². The second-order valence-electron chi connectivity index (χ2n) is 4.31. The van der Waals surface area contributed by atoms with Crippen molar-refractivity contribution in [1.82, 2.24) is 0 Å². The number of hydrogen-bond acceptors (Lipinski definition) is 4. The van der Waals surface area contributed by atoms with Crippen LogP contribution in [-0.4, -0.2) is 31.9 Å². The minimum Gasteiger partial charge on any atom is -0.495 e. The van der Waals surface area contributed by atoms with E-state index in [0.29, 0.717) is 17.1 Å². The lowest BCUT2D eigenvalue weighted by molar-refractivity contribution is -0.214. The first-order valence-corrected chi connectivity index (χ1v) is 6.15. The standard InChI is InChI=1S/C13H17F3N2O3/c1-8(13(14,15)16)21-6-5-12(19)18-10-7-9(17)3-4-11(10)20-2/h3-4,7-8H,5-6,17H2,1-2H3,(H,18,19). The predicted molar refractivity (Wildman–Crippen MR) is 72.1 cm³/mol. The average molecular weight is 306 g/mol. The number of halogens is 3. The van der Waals surface area contributed by atoms with Crippen molar-refractivity contribution in [3.05, 3.63) is 18.2 Å². The van der Waals surface area contributed by atoms with Crippen LogP contribution in [0.4, 0.5) is 24.5 Å². The van der Waals surface area contributed by atoms with Gasteiger partial charge in [-0.2, -0.15) is 13.2 Å². The van der Waals surface area contributed by atoms with Crippen LogP contribution in [0.5, 0.6) is 5.75 Å². The van der Waals surface area contributed by atoms with E-state index in [4.69, 9.17) is 10.5 Å². The molecule has 0 saturated carbocycles. The van der Waals surface area contributed by atoms with Crippen LogP contribution >= 0.6 is 0 Å². The van der Waals surface area contributed by atoms with Crippen LogP contribution in [0.1, 0.15) is 13.3 Å². The number of amides is 1. The number of anilines is 2. The number of nitrogens with one attached hydrogen (secondary N) is 1. The Morgan fingerprint density at radius 1 is 1.43 bits per heavy atom. The number of nitrogens with two attached hydrogens (primary N) is 1. The Morgan fingerprint density at radius 3 is 2.67 bits per heavy atom. The van der Waals surface area contributed by atoms with Crippen molar-refractivity contribution in [3.63, 3.8) is 0 Å². The van der Waals surface area contributed by atoms with Crippen LogP contribution in [-0.2, 0) is 9.53 Å². The largest absolute Gasteiger partial charge is 0.495 e. The summed E-state index contributed by atoms with van der Waals surface area (Å²) in [5.41, 5.74) is 6.37. The number of carbonyl (C=O) groups excluding carboxylic acids is 1. The summed E-state index contributed by atoms with van der Waals surface area (Å²) in [5.74, 6) is -0.0876. The molecule has 1 aromatic rings. The van der Waals surface area contributed by atoms with E-state index in [2.05, 4.69) is 10.1 Å². The van der Waals surface area contributed by atoms with Crippen LogP contribution in [0.2, 0.25) is 0 Å². The summed E-state index contributed by atoms with van der Waals surface area (Å²) in [6.45, 7) is 0.552. The summed E-state index contributed by atoms with van der Waals surface area (Å²) in [6.07, 6.45) is -6.56. The molecule has 118 valence electrons. The molecule has 1 unspecified atom stereocenters. The SMILES string of the molecule is COc1ccc(N)cc1NC(=O)CCOC(C)C(F)(F)F. The number of carbonyl (C=O) groups is 1. The lowest BCUT2D eigenvalue weighted by Gasteiger charge is -2.16. The first kappa shape index (κ1) is 17.1. The van der Waals surface area contributed by atoms with Gasteiger partial charge >= 0.3 is 6.18 Å². The summed E-state index contributed by atoms with van der Waals surface area (Å²) in [7, 11) is 1.43. The van der Waals surface area contributed by atoms with Gasteiger partial charge in [-0.05, 0) is 25.1 Å². The maximum atomic E-state index is 12.2. The number of nitrogen functional groups attached to an aromatic ring is 1. The molecule has 5 nitrogen and oxygen atoms in total. The molecule has 0 aliphatic rings. The number of alkyl halides is 3. The summed E-state index contributed by atoms with van der Waals surface area (Å²) in [6, 6.07) is 4.67. The predicted octanol–water partition coefficient (Wildman–Crippen LogP) is 2.57. The van der Waals surface area contributed by atoms with Crippen molar-refractivity contribution in [3.8, 4) is 5.75 Å². The molecule has 1 atom stereocenters. The van der Waals surface area contributed by atoms with E-state index < -0.39 is 18.2 Å². The molecule has 0 fully saturated rings. The van der Waals surface area contributed by atoms with E-state index in [-0.39, 0.29) is 13.0 Å². The van der Waals surface area contributed by atoms with Crippen LogP contribution in [0.3, 0.4) is 0 Å². The smallest absolute Gasteiger partial charge is 0.414 e. The van der Waals surface area contributed by atoms with E-state index in [0.717, 1.165) is 6.92 Å². The van der Waals surface area contributed by atoms with Crippen molar-refractivity contribution in [2.45, 2.75) is 25.6 Å². The van der Waals surface area contributed by atoms with E-state index in [1.165, 1.54) is 13.2 Å². The Labute approximate surface area is 120 Å². The average Bonchev–Trinajstić information content (AvgIpc) is 2.37. The van der Waals surface area contributed by atoms with Gasteiger partial charge < -0.3 is 20.5 Å². The second kappa shape index (κ2) is 7.16. The highest BCUT2D eigenvalue weighted by atomic mass is 19.4. The van der Waals surface area contributed by atoms with Crippen LogP contribution in [0.15, 0.2) is 18.2 Å². The third kappa shape index (κ3) is 5.50. The van der Waals surface area contributed by atoms with Crippen molar-refractivity contribution in [1.29, 1.82) is 0 Å². The third-order valence-electron chi connectivity index (χ3n) is 2.66. The van der Waals surface area contributed by atoms with E-state index >= 15 is 0 Å². The van der Waals surface area contributed by atoms with E-state index in [1.54, 1.807) is 12.1 Å². The van der Waals surface area contributed by atoms with Gasteiger partial charge in [-0.25, -0.2) is 0 Å². The summed E-state index contributed by atoms with van der Waals surface area (Å²) < 4.78 is 46.2. The fourth-order valence-electron chi connectivity index (χ4n) is 1.46. The van der Waals surface area contributed by atoms with Crippen molar-refractivity contribution in [2.75, 3.05) is 24.8 Å². The number of hydrogen-bond donors (Lipinski definition) is 2. The molecule has 21 heavy (non-hydrogen) atoms. The molecule has 0 saturated heterocycles. The van der Waals surface area contributed by atoms with Crippen LogP contribution in [0.25, 0.3) is 0 Å². The zero-order valence-electron chi connectivity index (χ0n) is 11.7. The first-order chi connectivity index (χ1) is 9.74. The van der Waals surface area contributed by atoms with Gasteiger partial charge in [0.25, 0.3) is 0 Å². The van der Waals surface area contributed by atoms with Gasteiger partial charge in [0, 0.05) is 5.69 Å². The number of methoxy groups -OCH3 is 1. The Kier molecular flexibility index (Phi) is 5.83. The molecular formula is C13H17F3N2O3. The summed E-state index contributed by atoms with van der Waals surface area (Å²) in [4.78, 5) is 11.7. The van der Waals surface area contributed by atoms with Gasteiger partial charge in [-0.15, -0.1) is 0 Å². The highest BCUT2D eigenvalue weighted by molar-refractivity contribution is 5.92. The van der Waals surface area contributed by atoms with Crippen molar-refractivity contribution in [2.24, 2.45) is 0 Å². The second-order valence-corrected chi connectivity index (χ2v) is 4.31. The Hall–Kier alpha value is -1.96. The van der Waals surface area contributed by atoms with Gasteiger partial charge in [0.2, 0.25) is 5.91 Å². The Morgan fingerprint density at radius 2 is 2.10 bits per heavy atom. The van der Waals surface area contributed by atoms with E-state index in [1.807, 2.05) is 0 Å². The topological polar surface area (TPSA) is 73.6 Å². The molecule has 3 N–H and O–H groups in total. The van der Waals surface area contributed by atoms with Gasteiger partial charge in [0.05, 0.1) is 25.8 Å². The molecule has 0 radical (unpaired) electrons. The molecule has 1 amide bonds. The quantitative estimate of drug-likeness (QED) is 0.792. The monoisotopic (exact) mass is 306 g/mol. The molecule has 0 bridgehead atoms. The number of benzene rings is 1. The summed E-state index contributed by atoms with van der Waals surface area (Å²) in [5, 5.41) is 2.51. The maximum Gasteiger partial charge on any atom is 0.414 e. The molecule has 0 heterocycles. The van der Waals surface area contributed by atoms with Gasteiger partial charge in [-0.1, -0.05) is 0 Å². The Bertz CT molecular complexity index is 492. The minimum atomic E-state index is -4.44. The summed E-state index contributed by atoms with van der Waals surface area (Å²) >= 11 is 0. The zero-order valence-corrected chi connectivity index (χ0v) is 11.7. The van der Waals surface area contributed by atoms with Crippen molar-refractivity contribution < 1.29 is 27.4 Å². The maximum absolute atomic E-state index is 12.2. The lowest BCUT2D eigenvalue weighted by atomic mass is 10.2. The zero-order chi connectivity index (χ0) is 16.0. The third-order valence-corrected chi connectivity index (χ3v) is 2.66. The Balaban J connectivity index is 2.49. The highest BCUT2D eigenvalue weighted by Crippen LogP contribution is 2.26. The molecule has 1 aromatic carbocycles. The van der Waals surface area contributed by atoms with Crippen LogP contribution < -0.4 is 15.8 Å². The lowest BCUT2D eigenvalue weighted by Crippen LogP contribution is -2.29. The van der Waals surface area contributed by atoms with Crippen molar-refractivity contribution >= 4 is 17.3 Å². The molecular weight excluding hydrogens is 289 g/mol. The van der Waals surface area contributed by atoms with Crippen LogP contribution in [0, 0.1) is 0 Å². The van der Waals surface area contributed by atoms with Gasteiger partial charge in [0.1, 0.15) is 5.75 Å². The molecule has 1 rings (SSSR count). The fourth-order valence-corrected chi connectivity index (χ4v) is 1.46. The molecule has 8 heteroatoms.